The molecular weight excluding hydrogens is 510 g/mol. The summed E-state index contributed by atoms with van der Waals surface area (Å²) >= 11 is 0. The van der Waals surface area contributed by atoms with Gasteiger partial charge in [-0.1, -0.05) is 42.5 Å². The van der Waals surface area contributed by atoms with Gasteiger partial charge in [0.15, 0.2) is 0 Å². The van der Waals surface area contributed by atoms with E-state index in [0.29, 0.717) is 34.5 Å². The lowest BCUT2D eigenvalue weighted by molar-refractivity contribution is -0.128. The van der Waals surface area contributed by atoms with Gasteiger partial charge in [-0.15, -0.1) is 5.10 Å². The van der Waals surface area contributed by atoms with Crippen LogP contribution in [-0.4, -0.2) is 52.5 Å². The number of nitrogens with zero attached hydrogens (tertiary/aromatic N) is 4. The van der Waals surface area contributed by atoms with Crippen LogP contribution in [-0.2, 0) is 20.9 Å². The van der Waals surface area contributed by atoms with Crippen molar-refractivity contribution in [2.24, 2.45) is 0 Å². The Morgan fingerprint density at radius 1 is 1.00 bits per heavy atom. The van der Waals surface area contributed by atoms with Gasteiger partial charge in [-0.25, -0.2) is 9.48 Å². The van der Waals surface area contributed by atoms with Gasteiger partial charge < -0.3 is 14.8 Å². The van der Waals surface area contributed by atoms with E-state index in [9.17, 15) is 14.4 Å². The number of rotatable bonds is 10. The second-order valence-corrected chi connectivity index (χ2v) is 9.95. The van der Waals surface area contributed by atoms with E-state index in [1.54, 1.807) is 48.5 Å². The lowest BCUT2D eigenvalue weighted by Crippen LogP contribution is -2.51. The second-order valence-electron chi connectivity index (χ2n) is 9.95. The number of benzene rings is 3. The molecule has 1 aromatic heterocycles. The molecule has 4 rings (SSSR count). The summed E-state index contributed by atoms with van der Waals surface area (Å²) in [5.74, 6) is -0.857. The van der Waals surface area contributed by atoms with Crippen LogP contribution in [0.3, 0.4) is 0 Å². The highest BCUT2D eigenvalue weighted by Crippen LogP contribution is 2.32. The first kappa shape index (κ1) is 28.3. The molecule has 10 nitrogen and oxygen atoms in total. The number of carbonyl (C=O) groups excluding carboxylic acids is 3. The lowest BCUT2D eigenvalue weighted by atomic mass is 9.98. The zero-order valence-electron chi connectivity index (χ0n) is 23.2. The van der Waals surface area contributed by atoms with E-state index in [1.165, 1.54) is 29.9 Å². The van der Waals surface area contributed by atoms with Crippen molar-refractivity contribution in [1.82, 2.24) is 20.3 Å². The minimum absolute atomic E-state index is 0.201. The van der Waals surface area contributed by atoms with Gasteiger partial charge >= 0.3 is 5.97 Å². The molecular formula is C30H33N5O5. The highest BCUT2D eigenvalue weighted by Gasteiger charge is 2.36. The summed E-state index contributed by atoms with van der Waals surface area (Å²) in [4.78, 5) is 42.1. The number of nitrogens with one attached hydrogen (secondary N) is 1. The topological polar surface area (TPSA) is 116 Å². The van der Waals surface area contributed by atoms with Gasteiger partial charge in [0.1, 0.15) is 23.9 Å². The van der Waals surface area contributed by atoms with Crippen molar-refractivity contribution in [1.29, 1.82) is 0 Å². The molecule has 208 valence electrons. The van der Waals surface area contributed by atoms with Crippen molar-refractivity contribution in [3.8, 4) is 5.75 Å². The molecule has 10 heteroatoms. The molecule has 4 aromatic rings. The van der Waals surface area contributed by atoms with E-state index in [-0.39, 0.29) is 18.0 Å². The van der Waals surface area contributed by atoms with Crippen molar-refractivity contribution in [3.05, 3.63) is 83.9 Å². The second kappa shape index (κ2) is 12.0. The van der Waals surface area contributed by atoms with E-state index in [1.807, 2.05) is 39.0 Å². The Morgan fingerprint density at radius 3 is 2.48 bits per heavy atom. The molecule has 2 amide bonds. The van der Waals surface area contributed by atoms with Crippen LogP contribution >= 0.6 is 0 Å². The number of ether oxygens (including phenoxy) is 2. The molecule has 0 aliphatic carbocycles. The van der Waals surface area contributed by atoms with Gasteiger partial charge in [0.05, 0.1) is 25.3 Å². The molecule has 1 N–H and O–H groups in total. The number of carbonyl (C=O) groups is 3. The van der Waals surface area contributed by atoms with Gasteiger partial charge in [-0.2, -0.15) is 0 Å². The number of anilines is 1. The number of hydrogen-bond acceptors (Lipinski definition) is 7. The number of esters is 1. The molecule has 1 heterocycles. The number of para-hydroxylation sites is 1. The van der Waals surface area contributed by atoms with E-state index in [0.717, 1.165) is 0 Å². The maximum absolute atomic E-state index is 14.2. The van der Waals surface area contributed by atoms with Crippen molar-refractivity contribution in [3.63, 3.8) is 0 Å². The fraction of sp³-hybridized carbons (Fsp3) is 0.300. The normalized spacial score (nSPS) is 12.0. The highest BCUT2D eigenvalue weighted by molar-refractivity contribution is 6.02. The quantitative estimate of drug-likeness (QED) is 0.297. The van der Waals surface area contributed by atoms with Crippen LogP contribution in [0.4, 0.5) is 5.69 Å². The van der Waals surface area contributed by atoms with Crippen LogP contribution in [0.2, 0.25) is 0 Å². The Kier molecular flexibility index (Phi) is 8.47. The molecule has 0 radical (unpaired) electrons. The predicted molar refractivity (Wildman–Crippen MR) is 151 cm³/mol. The first-order valence-corrected chi connectivity index (χ1v) is 12.9. The Morgan fingerprint density at radius 2 is 1.75 bits per heavy atom. The molecule has 0 aliphatic heterocycles. The van der Waals surface area contributed by atoms with E-state index >= 15 is 0 Å². The third-order valence-electron chi connectivity index (χ3n) is 6.78. The van der Waals surface area contributed by atoms with Crippen LogP contribution in [0.1, 0.15) is 49.2 Å². The number of fused-ring (bicyclic) bond motifs is 1. The summed E-state index contributed by atoms with van der Waals surface area (Å²) in [6.07, 6.45) is 0.667. The minimum atomic E-state index is -1.10. The lowest BCUT2D eigenvalue weighted by Gasteiger charge is -2.35. The molecule has 0 bridgehead atoms. The number of aromatic nitrogens is 3. The smallest absolute Gasteiger partial charge is 0.337 e. The predicted octanol–water partition coefficient (Wildman–Crippen LogP) is 4.31. The third kappa shape index (κ3) is 6.12. The molecule has 3 aromatic carbocycles. The standard InChI is InChI=1S/C30H33N5O5/c1-6-30(2,3)31-28(37)27(20-11-10-14-23(18-20)39-4)35(22-13-9-12-21(17-22)29(38)40-5)26(36)19-34-25-16-8-7-15-24(25)32-33-34/h7-18,27H,6,19H2,1-5H3,(H,31,37)/t27-/m1/s1. The molecule has 0 saturated carbocycles. The summed E-state index contributed by atoms with van der Waals surface area (Å²) in [5.41, 5.74) is 1.88. The van der Waals surface area contributed by atoms with E-state index in [2.05, 4.69) is 15.6 Å². The molecule has 0 fully saturated rings. The number of amides is 2. The fourth-order valence-corrected chi connectivity index (χ4v) is 4.30. The largest absolute Gasteiger partial charge is 0.497 e. The summed E-state index contributed by atoms with van der Waals surface area (Å²) in [5, 5.41) is 11.4. The Labute approximate surface area is 232 Å². The van der Waals surface area contributed by atoms with Gasteiger partial charge in [-0.3, -0.25) is 14.5 Å². The van der Waals surface area contributed by atoms with Gasteiger partial charge in [0.2, 0.25) is 11.8 Å². The maximum atomic E-state index is 14.2. The van der Waals surface area contributed by atoms with Crippen LogP contribution in [0.5, 0.6) is 5.75 Å². The maximum Gasteiger partial charge on any atom is 0.337 e. The SMILES string of the molecule is CCC(C)(C)NC(=O)[C@@H](c1cccc(OC)c1)N(C(=O)Cn1nnc2ccccc21)c1cccc(C(=O)OC)c1. The van der Waals surface area contributed by atoms with Crippen molar-refractivity contribution >= 4 is 34.5 Å². The van der Waals surface area contributed by atoms with Gasteiger partial charge in [0, 0.05) is 11.2 Å². The summed E-state index contributed by atoms with van der Waals surface area (Å²) in [6, 6.07) is 19.7. The number of methoxy groups -OCH3 is 2. The van der Waals surface area contributed by atoms with Crippen molar-refractivity contribution < 1.29 is 23.9 Å². The monoisotopic (exact) mass is 543 g/mol. The fourth-order valence-electron chi connectivity index (χ4n) is 4.30. The van der Waals surface area contributed by atoms with E-state index < -0.39 is 23.5 Å². The highest BCUT2D eigenvalue weighted by atomic mass is 16.5. The molecule has 1 atom stereocenters. The number of hydrogen-bond donors (Lipinski definition) is 1. The molecule has 0 unspecified atom stereocenters. The third-order valence-corrected chi connectivity index (χ3v) is 6.78. The van der Waals surface area contributed by atoms with Crippen molar-refractivity contribution in [2.45, 2.75) is 45.3 Å². The summed E-state index contributed by atoms with van der Waals surface area (Å²) in [7, 11) is 2.82. The first-order valence-electron chi connectivity index (χ1n) is 12.9. The Hall–Kier alpha value is -4.73. The van der Waals surface area contributed by atoms with Crippen LogP contribution in [0.15, 0.2) is 72.8 Å². The Balaban J connectivity index is 1.88. The van der Waals surface area contributed by atoms with Crippen LogP contribution < -0.4 is 15.0 Å². The van der Waals surface area contributed by atoms with Crippen molar-refractivity contribution in [2.75, 3.05) is 19.1 Å². The van der Waals surface area contributed by atoms with Crippen LogP contribution in [0, 0.1) is 0 Å². The molecule has 0 spiro atoms. The zero-order valence-corrected chi connectivity index (χ0v) is 23.2. The first-order chi connectivity index (χ1) is 19.2. The average Bonchev–Trinajstić information content (AvgIpc) is 3.37. The van der Waals surface area contributed by atoms with Gasteiger partial charge in [0.25, 0.3) is 0 Å². The molecule has 0 saturated heterocycles. The molecule has 40 heavy (non-hydrogen) atoms. The van der Waals surface area contributed by atoms with E-state index in [4.69, 9.17) is 9.47 Å². The van der Waals surface area contributed by atoms with Crippen LogP contribution in [0.25, 0.3) is 11.0 Å². The Bertz CT molecular complexity index is 1530. The summed E-state index contributed by atoms with van der Waals surface area (Å²) in [6.45, 7) is 5.60. The van der Waals surface area contributed by atoms with Gasteiger partial charge in [-0.05, 0) is 68.3 Å². The minimum Gasteiger partial charge on any atom is -0.497 e. The molecule has 0 aliphatic rings. The summed E-state index contributed by atoms with van der Waals surface area (Å²) < 4.78 is 11.8. The average molecular weight is 544 g/mol. The zero-order chi connectivity index (χ0) is 28.9.